The average Bonchev–Trinajstić information content (AvgIpc) is 2.62. The number of nitrogens with zero attached hydrogens (tertiary/aromatic N) is 3. The first-order chi connectivity index (χ1) is 9.24. The van der Waals surface area contributed by atoms with Gasteiger partial charge in [0.1, 0.15) is 0 Å². The van der Waals surface area contributed by atoms with Gasteiger partial charge in [-0.2, -0.15) is 0 Å². The molecule has 0 spiro atoms. The highest BCUT2D eigenvalue weighted by Crippen LogP contribution is 2.29. The highest BCUT2D eigenvalue weighted by molar-refractivity contribution is 7.15. The van der Waals surface area contributed by atoms with Crippen molar-refractivity contribution >= 4 is 22.4 Å². The molecule has 5 heteroatoms. The standard InChI is InChI=1S/C14H21N3OS/c1-11-10-15-14(19-11)17-7-3-6-16(8-9-17)13(18)12-4-2-5-12/h10,12H,2-9H2,1H3. The fourth-order valence-corrected chi connectivity index (χ4v) is 3.54. The van der Waals surface area contributed by atoms with Gasteiger partial charge in [0.2, 0.25) is 5.91 Å². The Hall–Kier alpha value is -1.10. The average molecular weight is 279 g/mol. The first-order valence-corrected chi connectivity index (χ1v) is 8.02. The lowest BCUT2D eigenvalue weighted by Crippen LogP contribution is -2.41. The van der Waals surface area contributed by atoms with Crippen molar-refractivity contribution in [2.45, 2.75) is 32.6 Å². The molecule has 1 aromatic heterocycles. The number of rotatable bonds is 2. The molecular weight excluding hydrogens is 258 g/mol. The maximum Gasteiger partial charge on any atom is 0.225 e. The number of hydrogen-bond donors (Lipinski definition) is 0. The van der Waals surface area contributed by atoms with Gasteiger partial charge in [-0.25, -0.2) is 4.98 Å². The lowest BCUT2D eigenvalue weighted by molar-refractivity contribution is -0.137. The molecule has 1 saturated heterocycles. The smallest absolute Gasteiger partial charge is 0.225 e. The molecule has 0 N–H and O–H groups in total. The van der Waals surface area contributed by atoms with Crippen molar-refractivity contribution in [3.05, 3.63) is 11.1 Å². The molecule has 104 valence electrons. The minimum atomic E-state index is 0.327. The summed E-state index contributed by atoms with van der Waals surface area (Å²) < 4.78 is 0. The Morgan fingerprint density at radius 3 is 2.74 bits per heavy atom. The maximum absolute atomic E-state index is 12.3. The maximum atomic E-state index is 12.3. The Morgan fingerprint density at radius 1 is 1.26 bits per heavy atom. The minimum Gasteiger partial charge on any atom is -0.346 e. The fraction of sp³-hybridized carbons (Fsp3) is 0.714. The number of hydrogen-bond acceptors (Lipinski definition) is 4. The van der Waals surface area contributed by atoms with Crippen LogP contribution in [0, 0.1) is 12.8 Å². The molecule has 0 atom stereocenters. The van der Waals surface area contributed by atoms with Gasteiger partial charge in [0, 0.05) is 43.2 Å². The second-order valence-electron chi connectivity index (χ2n) is 5.55. The van der Waals surface area contributed by atoms with Crippen LogP contribution >= 0.6 is 11.3 Å². The van der Waals surface area contributed by atoms with E-state index >= 15 is 0 Å². The SMILES string of the molecule is Cc1cnc(N2CCCN(C(=O)C3CCC3)CC2)s1. The Labute approximate surface area is 118 Å². The summed E-state index contributed by atoms with van der Waals surface area (Å²) in [6.07, 6.45) is 6.42. The number of carbonyl (C=O) groups is 1. The normalized spacial score (nSPS) is 21.1. The van der Waals surface area contributed by atoms with Crippen molar-refractivity contribution in [2.24, 2.45) is 5.92 Å². The van der Waals surface area contributed by atoms with E-state index in [1.54, 1.807) is 11.3 Å². The van der Waals surface area contributed by atoms with Crippen LogP contribution in [0.1, 0.15) is 30.6 Å². The monoisotopic (exact) mass is 279 g/mol. The van der Waals surface area contributed by atoms with Gasteiger partial charge in [0.05, 0.1) is 0 Å². The summed E-state index contributed by atoms with van der Waals surface area (Å²) in [5.41, 5.74) is 0. The van der Waals surface area contributed by atoms with Gasteiger partial charge >= 0.3 is 0 Å². The predicted molar refractivity (Wildman–Crippen MR) is 77.6 cm³/mol. The highest BCUT2D eigenvalue weighted by atomic mass is 32.1. The molecule has 0 radical (unpaired) electrons. The number of carbonyl (C=O) groups excluding carboxylic acids is 1. The van der Waals surface area contributed by atoms with Crippen LogP contribution in [0.25, 0.3) is 0 Å². The summed E-state index contributed by atoms with van der Waals surface area (Å²) in [6, 6.07) is 0. The van der Waals surface area contributed by atoms with Crippen LogP contribution in [-0.2, 0) is 4.79 Å². The summed E-state index contributed by atoms with van der Waals surface area (Å²) in [5, 5.41) is 1.11. The van der Waals surface area contributed by atoms with E-state index < -0.39 is 0 Å². The lowest BCUT2D eigenvalue weighted by atomic mass is 9.84. The van der Waals surface area contributed by atoms with Crippen molar-refractivity contribution in [2.75, 3.05) is 31.1 Å². The van der Waals surface area contributed by atoms with Gasteiger partial charge in [-0.3, -0.25) is 4.79 Å². The van der Waals surface area contributed by atoms with Crippen LogP contribution in [-0.4, -0.2) is 42.0 Å². The molecule has 1 aliphatic heterocycles. The molecular formula is C14H21N3OS. The van der Waals surface area contributed by atoms with Crippen LogP contribution in [0.15, 0.2) is 6.20 Å². The zero-order chi connectivity index (χ0) is 13.2. The number of aryl methyl sites for hydroxylation is 1. The molecule has 1 saturated carbocycles. The lowest BCUT2D eigenvalue weighted by Gasteiger charge is -2.30. The van der Waals surface area contributed by atoms with E-state index in [0.717, 1.165) is 50.6 Å². The van der Waals surface area contributed by atoms with Gasteiger partial charge in [-0.15, -0.1) is 11.3 Å². The Kier molecular flexibility index (Phi) is 3.73. The number of anilines is 1. The van der Waals surface area contributed by atoms with Crippen LogP contribution in [0.4, 0.5) is 5.13 Å². The van der Waals surface area contributed by atoms with Gasteiger partial charge in [0.25, 0.3) is 0 Å². The van der Waals surface area contributed by atoms with Crippen molar-refractivity contribution < 1.29 is 4.79 Å². The first kappa shape index (κ1) is 12.9. The molecule has 0 aromatic carbocycles. The van der Waals surface area contributed by atoms with Crippen molar-refractivity contribution in [1.82, 2.24) is 9.88 Å². The summed E-state index contributed by atoms with van der Waals surface area (Å²) in [6.45, 7) is 5.79. The van der Waals surface area contributed by atoms with E-state index in [9.17, 15) is 4.79 Å². The first-order valence-electron chi connectivity index (χ1n) is 7.20. The zero-order valence-electron chi connectivity index (χ0n) is 11.5. The molecule has 1 amide bonds. The quantitative estimate of drug-likeness (QED) is 0.833. The van der Waals surface area contributed by atoms with E-state index in [1.807, 2.05) is 6.20 Å². The third kappa shape index (κ3) is 2.76. The summed E-state index contributed by atoms with van der Waals surface area (Å²) >= 11 is 1.75. The Morgan fingerprint density at radius 2 is 2.11 bits per heavy atom. The Balaban J connectivity index is 1.60. The van der Waals surface area contributed by atoms with Crippen LogP contribution in [0.3, 0.4) is 0 Å². The van der Waals surface area contributed by atoms with Crippen LogP contribution < -0.4 is 4.90 Å². The molecule has 1 aliphatic carbocycles. The van der Waals surface area contributed by atoms with Crippen molar-refractivity contribution in [1.29, 1.82) is 0 Å². The van der Waals surface area contributed by atoms with Gasteiger partial charge in [-0.1, -0.05) is 6.42 Å². The largest absolute Gasteiger partial charge is 0.346 e. The third-order valence-corrected chi connectivity index (χ3v) is 5.12. The second kappa shape index (κ2) is 5.49. The number of aromatic nitrogens is 1. The van der Waals surface area contributed by atoms with Crippen molar-refractivity contribution in [3.8, 4) is 0 Å². The molecule has 0 bridgehead atoms. The predicted octanol–water partition coefficient (Wildman–Crippen LogP) is 2.29. The van der Waals surface area contributed by atoms with E-state index in [4.69, 9.17) is 0 Å². The number of thiazole rings is 1. The molecule has 19 heavy (non-hydrogen) atoms. The third-order valence-electron chi connectivity index (χ3n) is 4.14. The summed E-state index contributed by atoms with van der Waals surface area (Å²) in [7, 11) is 0. The number of amides is 1. The molecule has 0 unspecified atom stereocenters. The highest BCUT2D eigenvalue weighted by Gasteiger charge is 2.30. The summed E-state index contributed by atoms with van der Waals surface area (Å²) in [4.78, 5) is 22.4. The second-order valence-corrected chi connectivity index (χ2v) is 6.76. The zero-order valence-corrected chi connectivity index (χ0v) is 12.3. The van der Waals surface area contributed by atoms with E-state index in [2.05, 4.69) is 21.7 Å². The molecule has 2 fully saturated rings. The fourth-order valence-electron chi connectivity index (χ4n) is 2.73. The van der Waals surface area contributed by atoms with Gasteiger partial charge < -0.3 is 9.80 Å². The minimum absolute atomic E-state index is 0.327. The summed E-state index contributed by atoms with van der Waals surface area (Å²) in [5.74, 6) is 0.720. The van der Waals surface area contributed by atoms with Gasteiger partial charge in [0.15, 0.2) is 5.13 Å². The molecule has 4 nitrogen and oxygen atoms in total. The molecule has 2 aliphatic rings. The van der Waals surface area contributed by atoms with E-state index in [-0.39, 0.29) is 0 Å². The van der Waals surface area contributed by atoms with E-state index in [1.165, 1.54) is 11.3 Å². The van der Waals surface area contributed by atoms with E-state index in [0.29, 0.717) is 11.8 Å². The van der Waals surface area contributed by atoms with Gasteiger partial charge in [-0.05, 0) is 26.2 Å². The molecule has 3 rings (SSSR count). The van der Waals surface area contributed by atoms with Crippen LogP contribution in [0.2, 0.25) is 0 Å². The Bertz CT molecular complexity index is 455. The van der Waals surface area contributed by atoms with Crippen molar-refractivity contribution in [3.63, 3.8) is 0 Å². The molecule has 2 heterocycles. The topological polar surface area (TPSA) is 36.4 Å². The van der Waals surface area contributed by atoms with Crippen LogP contribution in [0.5, 0.6) is 0 Å². The molecule has 1 aromatic rings.